The van der Waals surface area contributed by atoms with E-state index in [2.05, 4.69) is 10.6 Å². The Bertz CT molecular complexity index is 394. The molecule has 0 spiro atoms. The Kier molecular flexibility index (Phi) is 4.04. The van der Waals surface area contributed by atoms with Crippen LogP contribution in [0.2, 0.25) is 0 Å². The number of carboxylic acid groups (broad SMARTS) is 1. The van der Waals surface area contributed by atoms with Crippen LogP contribution in [0.25, 0.3) is 0 Å². The molecule has 2 aliphatic rings. The standard InChI is InChI=1S/C12H19N3O4/c1-7-4-15(5-9(7)11(17)18)6-10(16)14-12(19)13-8-2-3-8/h7-9H,2-6H2,1H3,(H,17,18)(H2,13,14,16,19)/t7-,9-/m1/s1. The fourth-order valence-electron chi connectivity index (χ4n) is 2.34. The minimum atomic E-state index is -0.832. The number of rotatable bonds is 4. The summed E-state index contributed by atoms with van der Waals surface area (Å²) in [6.45, 7) is 2.84. The molecule has 3 amide bonds. The van der Waals surface area contributed by atoms with Gasteiger partial charge in [-0.05, 0) is 18.8 Å². The largest absolute Gasteiger partial charge is 0.481 e. The number of likely N-dealkylation sites (tertiary alicyclic amines) is 1. The molecular formula is C12H19N3O4. The van der Waals surface area contributed by atoms with E-state index in [0.717, 1.165) is 12.8 Å². The predicted molar refractivity (Wildman–Crippen MR) is 66.4 cm³/mol. The van der Waals surface area contributed by atoms with E-state index in [4.69, 9.17) is 5.11 Å². The Morgan fingerprint density at radius 3 is 2.47 bits per heavy atom. The first-order valence-corrected chi connectivity index (χ1v) is 6.51. The minimum Gasteiger partial charge on any atom is -0.481 e. The zero-order valence-electron chi connectivity index (χ0n) is 10.9. The highest BCUT2D eigenvalue weighted by molar-refractivity contribution is 5.95. The maximum Gasteiger partial charge on any atom is 0.321 e. The molecule has 2 rings (SSSR count). The summed E-state index contributed by atoms with van der Waals surface area (Å²) in [5, 5.41) is 13.9. The predicted octanol–water partition coefficient (Wildman–Crippen LogP) is -0.373. The fraction of sp³-hybridized carbons (Fsp3) is 0.750. The molecule has 0 aromatic rings. The van der Waals surface area contributed by atoms with Gasteiger partial charge in [0, 0.05) is 19.1 Å². The molecule has 0 radical (unpaired) electrons. The average Bonchev–Trinajstić information content (AvgIpc) is 3.00. The molecule has 1 aliphatic carbocycles. The molecule has 2 fully saturated rings. The van der Waals surface area contributed by atoms with Crippen molar-refractivity contribution < 1.29 is 19.5 Å². The van der Waals surface area contributed by atoms with Crippen molar-refractivity contribution in [2.45, 2.75) is 25.8 Å². The monoisotopic (exact) mass is 269 g/mol. The summed E-state index contributed by atoms with van der Waals surface area (Å²) in [6.07, 6.45) is 1.93. The second-order valence-corrected chi connectivity index (χ2v) is 5.41. The van der Waals surface area contributed by atoms with Gasteiger partial charge in [-0.1, -0.05) is 6.92 Å². The number of carbonyl (C=O) groups is 3. The summed E-state index contributed by atoms with van der Waals surface area (Å²) in [7, 11) is 0. The summed E-state index contributed by atoms with van der Waals surface area (Å²) >= 11 is 0. The van der Waals surface area contributed by atoms with Crippen LogP contribution >= 0.6 is 0 Å². The van der Waals surface area contributed by atoms with E-state index < -0.39 is 23.8 Å². The lowest BCUT2D eigenvalue weighted by Gasteiger charge is -2.14. The van der Waals surface area contributed by atoms with Gasteiger partial charge in [-0.3, -0.25) is 19.8 Å². The number of amides is 3. The van der Waals surface area contributed by atoms with Crippen molar-refractivity contribution in [1.82, 2.24) is 15.5 Å². The molecule has 19 heavy (non-hydrogen) atoms. The zero-order valence-corrected chi connectivity index (χ0v) is 10.9. The molecule has 1 saturated carbocycles. The number of imide groups is 1. The van der Waals surface area contributed by atoms with E-state index >= 15 is 0 Å². The van der Waals surface area contributed by atoms with Gasteiger partial charge in [-0.25, -0.2) is 4.79 Å². The normalized spacial score (nSPS) is 27.0. The lowest BCUT2D eigenvalue weighted by molar-refractivity contribution is -0.142. The second-order valence-electron chi connectivity index (χ2n) is 5.41. The van der Waals surface area contributed by atoms with E-state index in [1.54, 1.807) is 4.90 Å². The first kappa shape index (κ1) is 13.8. The third kappa shape index (κ3) is 3.92. The molecule has 7 heteroatoms. The van der Waals surface area contributed by atoms with Crippen molar-refractivity contribution in [3.8, 4) is 0 Å². The lowest BCUT2D eigenvalue weighted by Crippen LogP contribution is -2.44. The van der Waals surface area contributed by atoms with E-state index in [1.165, 1.54) is 0 Å². The first-order valence-electron chi connectivity index (χ1n) is 6.51. The van der Waals surface area contributed by atoms with Gasteiger partial charge >= 0.3 is 12.0 Å². The zero-order chi connectivity index (χ0) is 14.0. The van der Waals surface area contributed by atoms with Gasteiger partial charge in [0.2, 0.25) is 5.91 Å². The van der Waals surface area contributed by atoms with Crippen molar-refractivity contribution >= 4 is 17.9 Å². The van der Waals surface area contributed by atoms with Crippen LogP contribution in [0.15, 0.2) is 0 Å². The number of nitrogens with one attached hydrogen (secondary N) is 2. The third-order valence-corrected chi connectivity index (χ3v) is 3.54. The van der Waals surface area contributed by atoms with Crippen LogP contribution in [0.1, 0.15) is 19.8 Å². The summed E-state index contributed by atoms with van der Waals surface area (Å²) in [5.41, 5.74) is 0. The van der Waals surface area contributed by atoms with Gasteiger partial charge in [0.15, 0.2) is 0 Å². The number of nitrogens with zero attached hydrogens (tertiary/aromatic N) is 1. The Morgan fingerprint density at radius 2 is 1.95 bits per heavy atom. The number of hydrogen-bond donors (Lipinski definition) is 3. The van der Waals surface area contributed by atoms with Crippen LogP contribution in [-0.2, 0) is 9.59 Å². The van der Waals surface area contributed by atoms with Gasteiger partial charge in [0.1, 0.15) is 0 Å². The molecular weight excluding hydrogens is 250 g/mol. The van der Waals surface area contributed by atoms with Crippen LogP contribution in [0.5, 0.6) is 0 Å². The van der Waals surface area contributed by atoms with Gasteiger partial charge in [0.05, 0.1) is 12.5 Å². The maximum atomic E-state index is 11.6. The van der Waals surface area contributed by atoms with Gasteiger partial charge in [0.25, 0.3) is 0 Å². The highest BCUT2D eigenvalue weighted by atomic mass is 16.4. The average molecular weight is 269 g/mol. The molecule has 0 aromatic carbocycles. The Labute approximate surface area is 111 Å². The summed E-state index contributed by atoms with van der Waals surface area (Å²) in [4.78, 5) is 35.7. The molecule has 1 saturated heterocycles. The van der Waals surface area contributed by atoms with Gasteiger partial charge in [-0.15, -0.1) is 0 Å². The van der Waals surface area contributed by atoms with E-state index in [1.807, 2.05) is 6.92 Å². The SMILES string of the molecule is C[C@@H]1CN(CC(=O)NC(=O)NC2CC2)C[C@H]1C(=O)O. The topological polar surface area (TPSA) is 98.7 Å². The summed E-state index contributed by atoms with van der Waals surface area (Å²) < 4.78 is 0. The summed E-state index contributed by atoms with van der Waals surface area (Å²) in [6, 6.07) is -0.259. The molecule has 2 atom stereocenters. The number of hydrogen-bond acceptors (Lipinski definition) is 4. The van der Waals surface area contributed by atoms with Crippen LogP contribution in [-0.4, -0.2) is 53.6 Å². The third-order valence-electron chi connectivity index (χ3n) is 3.54. The molecule has 0 bridgehead atoms. The minimum absolute atomic E-state index is 0.0191. The quantitative estimate of drug-likeness (QED) is 0.646. The van der Waals surface area contributed by atoms with E-state index in [9.17, 15) is 14.4 Å². The lowest BCUT2D eigenvalue weighted by atomic mass is 9.99. The Hall–Kier alpha value is -1.63. The molecule has 1 heterocycles. The molecule has 3 N–H and O–H groups in total. The van der Waals surface area contributed by atoms with Crippen molar-refractivity contribution in [3.63, 3.8) is 0 Å². The molecule has 0 unspecified atom stereocenters. The first-order chi connectivity index (χ1) is 8.95. The van der Waals surface area contributed by atoms with Gasteiger partial charge in [-0.2, -0.15) is 0 Å². The van der Waals surface area contributed by atoms with Crippen LogP contribution < -0.4 is 10.6 Å². The number of aliphatic carboxylic acids is 1. The van der Waals surface area contributed by atoms with Gasteiger partial charge < -0.3 is 10.4 Å². The molecule has 1 aliphatic heterocycles. The summed E-state index contributed by atoms with van der Waals surface area (Å²) in [5.74, 6) is -1.64. The number of carboxylic acids is 1. The molecule has 7 nitrogen and oxygen atoms in total. The van der Waals surface area contributed by atoms with Crippen molar-refractivity contribution in [2.24, 2.45) is 11.8 Å². The highest BCUT2D eigenvalue weighted by Gasteiger charge is 2.35. The van der Waals surface area contributed by atoms with Crippen molar-refractivity contribution in [1.29, 1.82) is 0 Å². The van der Waals surface area contributed by atoms with Crippen LogP contribution in [0, 0.1) is 11.8 Å². The van der Waals surface area contributed by atoms with Crippen molar-refractivity contribution in [2.75, 3.05) is 19.6 Å². The van der Waals surface area contributed by atoms with E-state index in [0.29, 0.717) is 13.1 Å². The Morgan fingerprint density at radius 1 is 1.26 bits per heavy atom. The maximum absolute atomic E-state index is 11.6. The second kappa shape index (κ2) is 5.56. The highest BCUT2D eigenvalue weighted by Crippen LogP contribution is 2.22. The number of carbonyl (C=O) groups excluding carboxylic acids is 2. The smallest absolute Gasteiger partial charge is 0.321 e. The Balaban J connectivity index is 1.73. The van der Waals surface area contributed by atoms with Crippen LogP contribution in [0.3, 0.4) is 0 Å². The number of urea groups is 1. The van der Waals surface area contributed by atoms with Crippen LogP contribution in [0.4, 0.5) is 4.79 Å². The molecule has 106 valence electrons. The van der Waals surface area contributed by atoms with Crippen molar-refractivity contribution in [3.05, 3.63) is 0 Å². The fourth-order valence-corrected chi connectivity index (χ4v) is 2.34. The van der Waals surface area contributed by atoms with E-state index in [-0.39, 0.29) is 18.5 Å². The molecule has 0 aromatic heterocycles.